The summed E-state index contributed by atoms with van der Waals surface area (Å²) in [5.74, 6) is -0.783. The van der Waals surface area contributed by atoms with Gasteiger partial charge in [-0.3, -0.25) is 9.69 Å². The van der Waals surface area contributed by atoms with E-state index in [1.165, 1.54) is 6.42 Å². The van der Waals surface area contributed by atoms with Gasteiger partial charge in [0.15, 0.2) is 0 Å². The molecule has 2 N–H and O–H groups in total. The lowest BCUT2D eigenvalue weighted by Crippen LogP contribution is -2.54. The zero-order chi connectivity index (χ0) is 19.5. The lowest BCUT2D eigenvalue weighted by atomic mass is 9.63. The summed E-state index contributed by atoms with van der Waals surface area (Å²) in [5.41, 5.74) is 0.510. The van der Waals surface area contributed by atoms with Crippen LogP contribution in [0.1, 0.15) is 66.7 Å². The monoisotopic (exact) mass is 367 g/mol. The highest BCUT2D eigenvalue weighted by Gasteiger charge is 2.39. The fourth-order valence-electron chi connectivity index (χ4n) is 5.32. The van der Waals surface area contributed by atoms with Gasteiger partial charge < -0.3 is 15.3 Å². The van der Waals surface area contributed by atoms with Gasteiger partial charge >= 0.3 is 12.0 Å². The van der Waals surface area contributed by atoms with E-state index in [2.05, 4.69) is 33.0 Å². The highest BCUT2D eigenvalue weighted by Crippen LogP contribution is 2.45. The molecule has 1 saturated carbocycles. The molecule has 0 spiro atoms. The minimum atomic E-state index is -0.783. The summed E-state index contributed by atoms with van der Waals surface area (Å²) in [6.45, 7) is 13.4. The van der Waals surface area contributed by atoms with Gasteiger partial charge in [0, 0.05) is 25.2 Å². The van der Waals surface area contributed by atoms with E-state index < -0.39 is 5.97 Å². The Kier molecular flexibility index (Phi) is 6.59. The van der Waals surface area contributed by atoms with E-state index in [0.717, 1.165) is 32.2 Å². The highest BCUT2D eigenvalue weighted by atomic mass is 16.4. The Morgan fingerprint density at radius 1 is 1.12 bits per heavy atom. The van der Waals surface area contributed by atoms with Crippen molar-refractivity contribution in [3.05, 3.63) is 0 Å². The summed E-state index contributed by atoms with van der Waals surface area (Å²) >= 11 is 0. The maximum absolute atomic E-state index is 12.7. The molecule has 2 rings (SSSR count). The van der Waals surface area contributed by atoms with E-state index >= 15 is 0 Å². The van der Waals surface area contributed by atoms with Crippen LogP contribution in [-0.2, 0) is 4.79 Å². The van der Waals surface area contributed by atoms with Gasteiger partial charge in [-0.15, -0.1) is 0 Å². The van der Waals surface area contributed by atoms with E-state index in [0.29, 0.717) is 13.1 Å². The lowest BCUT2D eigenvalue weighted by molar-refractivity contribution is -0.139. The summed E-state index contributed by atoms with van der Waals surface area (Å²) in [6, 6.07) is 0.536. The van der Waals surface area contributed by atoms with Crippen LogP contribution in [0, 0.1) is 10.8 Å². The molecule has 150 valence electrons. The number of rotatable bonds is 5. The number of hydrogen-bond donors (Lipinski definition) is 2. The maximum atomic E-state index is 12.7. The molecule has 0 aromatic rings. The van der Waals surface area contributed by atoms with Gasteiger partial charge in [-0.1, -0.05) is 34.6 Å². The minimum Gasteiger partial charge on any atom is -0.480 e. The highest BCUT2D eigenvalue weighted by molar-refractivity contribution is 5.74. The molecule has 2 fully saturated rings. The largest absolute Gasteiger partial charge is 0.480 e. The summed E-state index contributed by atoms with van der Waals surface area (Å²) in [6.07, 6.45) is 4.93. The number of aliphatic carboxylic acids is 1. The van der Waals surface area contributed by atoms with Crippen molar-refractivity contribution in [1.82, 2.24) is 15.1 Å². The quantitative estimate of drug-likeness (QED) is 0.783. The number of carboxylic acid groups (broad SMARTS) is 1. The second kappa shape index (κ2) is 8.15. The van der Waals surface area contributed by atoms with Crippen molar-refractivity contribution < 1.29 is 14.7 Å². The Morgan fingerprint density at radius 2 is 1.65 bits per heavy atom. The predicted octanol–water partition coefficient (Wildman–Crippen LogP) is 3.17. The summed E-state index contributed by atoms with van der Waals surface area (Å²) in [5, 5.41) is 12.3. The summed E-state index contributed by atoms with van der Waals surface area (Å²) < 4.78 is 0. The van der Waals surface area contributed by atoms with Crippen molar-refractivity contribution in [3.8, 4) is 0 Å². The molecule has 2 amide bonds. The third kappa shape index (κ3) is 5.86. The lowest BCUT2D eigenvalue weighted by Gasteiger charge is -2.45. The zero-order valence-corrected chi connectivity index (χ0v) is 17.2. The fourth-order valence-corrected chi connectivity index (χ4v) is 5.32. The van der Waals surface area contributed by atoms with E-state index in [1.807, 2.05) is 16.7 Å². The van der Waals surface area contributed by atoms with Crippen molar-refractivity contribution in [2.24, 2.45) is 10.8 Å². The van der Waals surface area contributed by atoms with Gasteiger partial charge in [-0.05, 0) is 49.5 Å². The van der Waals surface area contributed by atoms with Crippen LogP contribution in [0.15, 0.2) is 0 Å². The number of likely N-dealkylation sites (N-methyl/N-ethyl adjacent to an activating group) is 1. The summed E-state index contributed by atoms with van der Waals surface area (Å²) in [4.78, 5) is 27.6. The third-order valence-electron chi connectivity index (χ3n) is 5.90. The van der Waals surface area contributed by atoms with Crippen LogP contribution in [-0.4, -0.2) is 65.2 Å². The molecule has 26 heavy (non-hydrogen) atoms. The molecule has 0 aromatic heterocycles. The number of carbonyl (C=O) groups excluding carboxylic acids is 1. The molecule has 6 heteroatoms. The summed E-state index contributed by atoms with van der Waals surface area (Å²) in [7, 11) is 0. The SMILES string of the molecule is CCN(CC(=O)O)C1CCN(C(=O)NC2CC(C)(C)CC(C)(C)C2)CC1. The molecule has 0 unspecified atom stereocenters. The van der Waals surface area contributed by atoms with Gasteiger partial charge in [0.25, 0.3) is 0 Å². The van der Waals surface area contributed by atoms with E-state index in [1.54, 1.807) is 0 Å². The van der Waals surface area contributed by atoms with E-state index in [-0.39, 0.29) is 35.5 Å². The van der Waals surface area contributed by atoms with Crippen LogP contribution in [0.25, 0.3) is 0 Å². The number of piperidine rings is 1. The molecular formula is C20H37N3O3. The van der Waals surface area contributed by atoms with Crippen LogP contribution < -0.4 is 5.32 Å². The van der Waals surface area contributed by atoms with Gasteiger partial charge in [-0.2, -0.15) is 0 Å². The molecule has 0 aromatic carbocycles. The number of carboxylic acids is 1. The van der Waals surface area contributed by atoms with Crippen molar-refractivity contribution >= 4 is 12.0 Å². The Hall–Kier alpha value is -1.30. The number of hydrogen-bond acceptors (Lipinski definition) is 3. The number of urea groups is 1. The van der Waals surface area contributed by atoms with Crippen LogP contribution in [0.3, 0.4) is 0 Å². The molecule has 1 heterocycles. The van der Waals surface area contributed by atoms with Crippen LogP contribution in [0.4, 0.5) is 4.79 Å². The number of likely N-dealkylation sites (tertiary alicyclic amines) is 1. The zero-order valence-electron chi connectivity index (χ0n) is 17.2. The first-order chi connectivity index (χ1) is 12.0. The number of carbonyl (C=O) groups is 2. The molecule has 0 bridgehead atoms. The Morgan fingerprint density at radius 3 is 2.12 bits per heavy atom. The van der Waals surface area contributed by atoms with Crippen molar-refractivity contribution in [1.29, 1.82) is 0 Å². The molecule has 1 aliphatic heterocycles. The molecule has 0 radical (unpaired) electrons. The van der Waals surface area contributed by atoms with Gasteiger partial charge in [-0.25, -0.2) is 4.79 Å². The molecule has 6 nitrogen and oxygen atoms in total. The van der Waals surface area contributed by atoms with Gasteiger partial charge in [0.2, 0.25) is 0 Å². The smallest absolute Gasteiger partial charge is 0.317 e. The fraction of sp³-hybridized carbons (Fsp3) is 0.900. The average molecular weight is 368 g/mol. The standard InChI is InChI=1S/C20H37N3O3/c1-6-22(13-17(24)25)16-7-9-23(10-8-16)18(26)21-15-11-19(2,3)14-20(4,5)12-15/h15-16H,6-14H2,1-5H3,(H,21,26)(H,24,25). The Balaban J connectivity index is 1.85. The molecule has 1 saturated heterocycles. The predicted molar refractivity (Wildman–Crippen MR) is 103 cm³/mol. The number of nitrogens with one attached hydrogen (secondary N) is 1. The average Bonchev–Trinajstić information content (AvgIpc) is 2.49. The first-order valence-corrected chi connectivity index (χ1v) is 10.0. The maximum Gasteiger partial charge on any atom is 0.317 e. The van der Waals surface area contributed by atoms with Crippen LogP contribution in [0.2, 0.25) is 0 Å². The third-order valence-corrected chi connectivity index (χ3v) is 5.90. The molecule has 0 atom stereocenters. The van der Waals surface area contributed by atoms with Crippen molar-refractivity contribution in [2.45, 2.75) is 78.8 Å². The Bertz CT molecular complexity index is 494. The minimum absolute atomic E-state index is 0.0447. The topological polar surface area (TPSA) is 72.9 Å². The normalized spacial score (nSPS) is 23.8. The second-order valence-electron chi connectivity index (χ2n) is 9.73. The number of nitrogens with zero attached hydrogens (tertiary/aromatic N) is 2. The molecule has 1 aliphatic carbocycles. The van der Waals surface area contributed by atoms with Crippen molar-refractivity contribution in [2.75, 3.05) is 26.2 Å². The van der Waals surface area contributed by atoms with Crippen LogP contribution >= 0.6 is 0 Å². The first kappa shape index (κ1) is 21.0. The number of amides is 2. The van der Waals surface area contributed by atoms with Crippen molar-refractivity contribution in [3.63, 3.8) is 0 Å². The van der Waals surface area contributed by atoms with E-state index in [9.17, 15) is 9.59 Å². The second-order valence-corrected chi connectivity index (χ2v) is 9.73. The molecular weight excluding hydrogens is 330 g/mol. The van der Waals surface area contributed by atoms with Gasteiger partial charge in [0.05, 0.1) is 6.54 Å². The van der Waals surface area contributed by atoms with E-state index in [4.69, 9.17) is 5.11 Å². The Labute approximate surface area is 158 Å². The van der Waals surface area contributed by atoms with Crippen LogP contribution in [0.5, 0.6) is 0 Å². The first-order valence-electron chi connectivity index (χ1n) is 10.0. The molecule has 2 aliphatic rings. The van der Waals surface area contributed by atoms with Gasteiger partial charge in [0.1, 0.15) is 0 Å².